The highest BCUT2D eigenvalue weighted by molar-refractivity contribution is 5.87. The van der Waals surface area contributed by atoms with Crippen LogP contribution in [0, 0.1) is 5.82 Å². The molecule has 0 amide bonds. The van der Waals surface area contributed by atoms with Crippen molar-refractivity contribution in [2.75, 3.05) is 12.8 Å². The minimum atomic E-state index is -0.393. The zero-order valence-electron chi connectivity index (χ0n) is 11.4. The van der Waals surface area contributed by atoms with Crippen LogP contribution in [0.25, 0.3) is 22.4 Å². The molecule has 1 heterocycles. The Balaban J connectivity index is 2.17. The van der Waals surface area contributed by atoms with Gasteiger partial charge in [0.25, 0.3) is 0 Å². The summed E-state index contributed by atoms with van der Waals surface area (Å²) in [7, 11) is 1.50. The Bertz CT molecular complexity index is 768. The van der Waals surface area contributed by atoms with Gasteiger partial charge < -0.3 is 10.5 Å². The van der Waals surface area contributed by atoms with Crippen LogP contribution in [0.2, 0.25) is 0 Å². The normalized spacial score (nSPS) is 10.6. The summed E-state index contributed by atoms with van der Waals surface area (Å²) in [6.07, 6.45) is 0. The van der Waals surface area contributed by atoms with Crippen LogP contribution in [0.1, 0.15) is 0 Å². The highest BCUT2D eigenvalue weighted by atomic mass is 19.1. The van der Waals surface area contributed by atoms with Crippen molar-refractivity contribution in [3.63, 3.8) is 0 Å². The highest BCUT2D eigenvalue weighted by Gasteiger charge is 2.17. The number of hydrogen-bond acceptors (Lipinski definition) is 3. The van der Waals surface area contributed by atoms with Crippen LogP contribution < -0.4 is 10.5 Å². The first-order valence-corrected chi connectivity index (χ1v) is 6.44. The molecule has 0 unspecified atom stereocenters. The Kier molecular flexibility index (Phi) is 3.31. The van der Waals surface area contributed by atoms with Gasteiger partial charge in [0.1, 0.15) is 11.6 Å². The summed E-state index contributed by atoms with van der Waals surface area (Å²) in [6, 6.07) is 14.2. The Labute approximate surface area is 121 Å². The minimum Gasteiger partial charge on any atom is -0.497 e. The van der Waals surface area contributed by atoms with E-state index in [9.17, 15) is 4.39 Å². The zero-order chi connectivity index (χ0) is 14.8. The lowest BCUT2D eigenvalue weighted by Crippen LogP contribution is -1.91. The molecule has 21 heavy (non-hydrogen) atoms. The van der Waals surface area contributed by atoms with E-state index in [2.05, 4.69) is 10.2 Å². The first kappa shape index (κ1) is 13.2. The van der Waals surface area contributed by atoms with Crippen molar-refractivity contribution in [3.05, 3.63) is 54.3 Å². The van der Waals surface area contributed by atoms with Crippen molar-refractivity contribution >= 4 is 5.82 Å². The molecule has 1 aromatic heterocycles. The van der Waals surface area contributed by atoms with E-state index in [1.54, 1.807) is 12.1 Å². The predicted octanol–water partition coefficient (Wildman–Crippen LogP) is 3.47. The molecule has 4 nitrogen and oxygen atoms in total. The smallest absolute Gasteiger partial charge is 0.153 e. The molecule has 0 radical (unpaired) electrons. The lowest BCUT2D eigenvalue weighted by atomic mass is 10.0. The third-order valence-electron chi connectivity index (χ3n) is 3.30. The molecule has 0 bridgehead atoms. The number of anilines is 1. The van der Waals surface area contributed by atoms with Crippen molar-refractivity contribution in [2.24, 2.45) is 0 Å². The number of methoxy groups -OCH3 is 1. The average molecular weight is 283 g/mol. The minimum absolute atomic E-state index is 0.339. The molecule has 3 aromatic rings. The molecule has 0 saturated heterocycles. The molecule has 0 fully saturated rings. The van der Waals surface area contributed by atoms with Gasteiger partial charge in [-0.1, -0.05) is 30.3 Å². The van der Waals surface area contributed by atoms with Crippen LogP contribution in [-0.2, 0) is 0 Å². The second-order valence-corrected chi connectivity index (χ2v) is 4.57. The highest BCUT2D eigenvalue weighted by Crippen LogP contribution is 2.36. The number of ether oxygens (including phenoxy) is 1. The van der Waals surface area contributed by atoms with Gasteiger partial charge in [-0.25, -0.2) is 4.39 Å². The van der Waals surface area contributed by atoms with Gasteiger partial charge in [-0.3, -0.25) is 5.10 Å². The van der Waals surface area contributed by atoms with Crippen molar-refractivity contribution in [2.45, 2.75) is 0 Å². The molecule has 0 aliphatic rings. The first-order valence-electron chi connectivity index (χ1n) is 6.44. The van der Waals surface area contributed by atoms with Crippen LogP contribution in [0.5, 0.6) is 5.75 Å². The van der Waals surface area contributed by atoms with Gasteiger partial charge in [0, 0.05) is 11.6 Å². The maximum atomic E-state index is 14.3. The molecule has 0 aliphatic heterocycles. The number of hydrogen-bond donors (Lipinski definition) is 2. The van der Waals surface area contributed by atoms with Crippen LogP contribution in [0.15, 0.2) is 48.5 Å². The molecule has 0 spiro atoms. The predicted molar refractivity (Wildman–Crippen MR) is 80.4 cm³/mol. The van der Waals surface area contributed by atoms with Gasteiger partial charge in [-0.05, 0) is 17.7 Å². The van der Waals surface area contributed by atoms with E-state index in [-0.39, 0.29) is 0 Å². The van der Waals surface area contributed by atoms with Crippen molar-refractivity contribution in [1.29, 1.82) is 0 Å². The van der Waals surface area contributed by atoms with E-state index in [0.29, 0.717) is 28.4 Å². The van der Waals surface area contributed by atoms with Crippen LogP contribution in [0.3, 0.4) is 0 Å². The fraction of sp³-hybridized carbons (Fsp3) is 0.0625. The number of rotatable bonds is 3. The number of halogens is 1. The molecular weight excluding hydrogens is 269 g/mol. The monoisotopic (exact) mass is 283 g/mol. The molecule has 0 atom stereocenters. The Morgan fingerprint density at radius 3 is 2.57 bits per heavy atom. The topological polar surface area (TPSA) is 63.9 Å². The Morgan fingerprint density at radius 1 is 1.14 bits per heavy atom. The van der Waals surface area contributed by atoms with Crippen LogP contribution >= 0.6 is 0 Å². The van der Waals surface area contributed by atoms with E-state index < -0.39 is 5.82 Å². The molecule has 3 rings (SSSR count). The van der Waals surface area contributed by atoms with Gasteiger partial charge in [0.15, 0.2) is 5.82 Å². The first-order chi connectivity index (χ1) is 10.2. The van der Waals surface area contributed by atoms with E-state index in [4.69, 9.17) is 10.5 Å². The molecule has 5 heteroatoms. The number of nitrogens with two attached hydrogens (primary N) is 1. The molecule has 0 aliphatic carbocycles. The second-order valence-electron chi connectivity index (χ2n) is 4.57. The summed E-state index contributed by atoms with van der Waals surface area (Å²) < 4.78 is 19.3. The van der Waals surface area contributed by atoms with E-state index in [1.807, 2.05) is 30.3 Å². The zero-order valence-corrected chi connectivity index (χ0v) is 11.4. The quantitative estimate of drug-likeness (QED) is 0.773. The van der Waals surface area contributed by atoms with Gasteiger partial charge in [0.2, 0.25) is 0 Å². The third-order valence-corrected chi connectivity index (χ3v) is 3.30. The number of aromatic nitrogens is 2. The number of aromatic amines is 1. The largest absolute Gasteiger partial charge is 0.497 e. The standard InChI is InChI=1S/C16H14FN3O/c1-21-11-7-8-12(13(17)9-11)15-14(16(18)20-19-15)10-5-3-2-4-6-10/h2-9H,1H3,(H3,18,19,20). The summed E-state index contributed by atoms with van der Waals surface area (Å²) in [4.78, 5) is 0. The third kappa shape index (κ3) is 2.33. The fourth-order valence-corrected chi connectivity index (χ4v) is 2.27. The summed E-state index contributed by atoms with van der Waals surface area (Å²) >= 11 is 0. The summed E-state index contributed by atoms with van der Waals surface area (Å²) in [5.41, 5.74) is 8.46. The average Bonchev–Trinajstić information content (AvgIpc) is 2.89. The number of nitrogens with zero attached hydrogens (tertiary/aromatic N) is 1. The number of H-pyrrole nitrogens is 1. The van der Waals surface area contributed by atoms with Gasteiger partial charge in [-0.2, -0.15) is 5.10 Å². The lowest BCUT2D eigenvalue weighted by Gasteiger charge is -2.07. The second kappa shape index (κ2) is 5.28. The van der Waals surface area contributed by atoms with E-state index >= 15 is 0 Å². The van der Waals surface area contributed by atoms with E-state index in [1.165, 1.54) is 13.2 Å². The van der Waals surface area contributed by atoms with E-state index in [0.717, 1.165) is 5.56 Å². The van der Waals surface area contributed by atoms with Crippen molar-refractivity contribution < 1.29 is 9.13 Å². The van der Waals surface area contributed by atoms with Gasteiger partial charge in [-0.15, -0.1) is 0 Å². The fourth-order valence-electron chi connectivity index (χ4n) is 2.27. The maximum absolute atomic E-state index is 14.3. The van der Waals surface area contributed by atoms with Gasteiger partial charge >= 0.3 is 0 Å². The number of nitrogens with one attached hydrogen (secondary N) is 1. The summed E-state index contributed by atoms with van der Waals surface area (Å²) in [5.74, 6) is 0.409. The maximum Gasteiger partial charge on any atom is 0.153 e. The lowest BCUT2D eigenvalue weighted by molar-refractivity contribution is 0.411. The van der Waals surface area contributed by atoms with Gasteiger partial charge in [0.05, 0.1) is 18.4 Å². The Morgan fingerprint density at radius 2 is 1.90 bits per heavy atom. The SMILES string of the molecule is COc1ccc(-c2[nH]nc(N)c2-c2ccccc2)c(F)c1. The molecule has 106 valence electrons. The van der Waals surface area contributed by atoms with Crippen molar-refractivity contribution in [1.82, 2.24) is 10.2 Å². The van der Waals surface area contributed by atoms with Crippen LogP contribution in [-0.4, -0.2) is 17.3 Å². The Hall–Kier alpha value is -2.82. The molecule has 3 N–H and O–H groups in total. The number of benzene rings is 2. The molecular formula is C16H14FN3O. The molecule has 0 saturated carbocycles. The summed E-state index contributed by atoms with van der Waals surface area (Å²) in [5, 5.41) is 6.82. The van der Waals surface area contributed by atoms with Crippen molar-refractivity contribution in [3.8, 4) is 28.1 Å². The molecule has 2 aromatic carbocycles. The number of nitrogen functional groups attached to an aromatic ring is 1. The van der Waals surface area contributed by atoms with Crippen LogP contribution in [0.4, 0.5) is 10.2 Å². The summed E-state index contributed by atoms with van der Waals surface area (Å²) in [6.45, 7) is 0.